The predicted octanol–water partition coefficient (Wildman–Crippen LogP) is 2.55. The first-order valence-corrected chi connectivity index (χ1v) is 5.74. The first-order chi connectivity index (χ1) is 8.24. The highest BCUT2D eigenvalue weighted by Gasteiger charge is 2.41. The Morgan fingerprint density at radius 1 is 0.947 bits per heavy atom. The molecule has 0 radical (unpaired) electrons. The van der Waals surface area contributed by atoms with Gasteiger partial charge >= 0.3 is 12.4 Å². The van der Waals surface area contributed by atoms with Gasteiger partial charge in [-0.2, -0.15) is 34.8 Å². The van der Waals surface area contributed by atoms with E-state index in [0.717, 1.165) is 0 Å². The van der Waals surface area contributed by atoms with Crippen LogP contribution in [-0.2, 0) is 22.5 Å². The molecule has 0 fully saturated rings. The molecule has 0 amide bonds. The molecule has 0 aliphatic rings. The van der Waals surface area contributed by atoms with Crippen molar-refractivity contribution in [3.8, 4) is 0 Å². The van der Waals surface area contributed by atoms with Crippen molar-refractivity contribution in [2.24, 2.45) is 0 Å². The lowest BCUT2D eigenvalue weighted by Crippen LogP contribution is -2.17. The maximum atomic E-state index is 12.5. The van der Waals surface area contributed by atoms with Crippen molar-refractivity contribution in [1.29, 1.82) is 0 Å². The largest absolute Gasteiger partial charge is 0.418 e. The Hall–Kier alpha value is -1.49. The van der Waals surface area contributed by atoms with Gasteiger partial charge in [-0.15, -0.1) is 0 Å². The SMILES string of the molecule is Nc1c(C(F)(F)F)cc(S(=O)(=O)O)cc1C(F)(F)F. The quantitative estimate of drug-likeness (QED) is 0.474. The van der Waals surface area contributed by atoms with Crippen LogP contribution in [-0.4, -0.2) is 13.0 Å². The number of hydrogen-bond acceptors (Lipinski definition) is 3. The van der Waals surface area contributed by atoms with Crippen molar-refractivity contribution >= 4 is 15.8 Å². The van der Waals surface area contributed by atoms with Crippen LogP contribution in [0.15, 0.2) is 17.0 Å². The van der Waals surface area contributed by atoms with Crippen molar-refractivity contribution in [2.45, 2.75) is 17.2 Å². The standard InChI is InChI=1S/C8H5F6NO3S/c9-7(10,11)4-1-3(19(16,17)18)2-5(6(4)15)8(12,13)14/h1-2H,15H2,(H,16,17,18). The fourth-order valence-corrected chi connectivity index (χ4v) is 1.78. The molecular formula is C8H5F6NO3S. The number of alkyl halides is 6. The summed E-state index contributed by atoms with van der Waals surface area (Å²) in [5, 5.41) is 0. The van der Waals surface area contributed by atoms with Gasteiger partial charge in [0.05, 0.1) is 21.7 Å². The molecule has 4 nitrogen and oxygen atoms in total. The molecular weight excluding hydrogens is 304 g/mol. The van der Waals surface area contributed by atoms with Gasteiger partial charge in [0.25, 0.3) is 10.1 Å². The summed E-state index contributed by atoms with van der Waals surface area (Å²) in [6, 6.07) is -0.334. The first-order valence-electron chi connectivity index (χ1n) is 4.30. The average molecular weight is 309 g/mol. The molecule has 19 heavy (non-hydrogen) atoms. The normalized spacial score (nSPS) is 13.6. The average Bonchev–Trinajstić information content (AvgIpc) is 2.11. The Balaban J connectivity index is 3.78. The summed E-state index contributed by atoms with van der Waals surface area (Å²) in [6.45, 7) is 0. The van der Waals surface area contributed by atoms with E-state index in [2.05, 4.69) is 0 Å². The van der Waals surface area contributed by atoms with E-state index >= 15 is 0 Å². The molecule has 0 bridgehead atoms. The van der Waals surface area contributed by atoms with E-state index in [0.29, 0.717) is 0 Å². The number of hydrogen-bond donors (Lipinski definition) is 2. The number of anilines is 1. The summed E-state index contributed by atoms with van der Waals surface area (Å²) in [5.41, 5.74) is -0.890. The van der Waals surface area contributed by atoms with Crippen LogP contribution in [0.3, 0.4) is 0 Å². The zero-order valence-electron chi connectivity index (χ0n) is 8.67. The number of nitrogens with two attached hydrogens (primary N) is 1. The van der Waals surface area contributed by atoms with E-state index in [1.807, 2.05) is 0 Å². The summed E-state index contributed by atoms with van der Waals surface area (Å²) in [4.78, 5) is -1.54. The third-order valence-corrected chi connectivity index (χ3v) is 2.89. The molecule has 1 aromatic rings. The fourth-order valence-electron chi connectivity index (χ4n) is 1.24. The van der Waals surface area contributed by atoms with Crippen LogP contribution in [0.1, 0.15) is 11.1 Å². The Bertz CT molecular complexity index is 569. The predicted molar refractivity (Wildman–Crippen MR) is 50.7 cm³/mol. The lowest BCUT2D eigenvalue weighted by Gasteiger charge is -2.16. The summed E-state index contributed by atoms with van der Waals surface area (Å²) in [5.74, 6) is 0. The minimum absolute atomic E-state index is 0.167. The van der Waals surface area contributed by atoms with Crippen LogP contribution < -0.4 is 5.73 Å². The van der Waals surface area contributed by atoms with E-state index in [-0.39, 0.29) is 12.1 Å². The number of benzene rings is 1. The van der Waals surface area contributed by atoms with Gasteiger partial charge in [-0.1, -0.05) is 0 Å². The lowest BCUT2D eigenvalue weighted by atomic mass is 10.1. The highest BCUT2D eigenvalue weighted by Crippen LogP contribution is 2.42. The lowest BCUT2D eigenvalue weighted by molar-refractivity contribution is -0.142. The second-order valence-electron chi connectivity index (χ2n) is 3.40. The smallest absolute Gasteiger partial charge is 0.398 e. The highest BCUT2D eigenvalue weighted by molar-refractivity contribution is 7.85. The summed E-state index contributed by atoms with van der Waals surface area (Å²) in [6.07, 6.45) is -10.6. The molecule has 0 aliphatic carbocycles. The van der Waals surface area contributed by atoms with Gasteiger partial charge in [0.15, 0.2) is 0 Å². The molecule has 0 spiro atoms. The minimum atomic E-state index is -5.30. The Morgan fingerprint density at radius 3 is 1.47 bits per heavy atom. The van der Waals surface area contributed by atoms with Gasteiger partial charge in [-0.3, -0.25) is 4.55 Å². The molecule has 0 aliphatic heterocycles. The van der Waals surface area contributed by atoms with Crippen LogP contribution >= 0.6 is 0 Å². The van der Waals surface area contributed by atoms with Crippen molar-refractivity contribution < 1.29 is 39.3 Å². The molecule has 1 rings (SSSR count). The summed E-state index contributed by atoms with van der Waals surface area (Å²) < 4.78 is 105. The molecule has 11 heteroatoms. The van der Waals surface area contributed by atoms with Crippen molar-refractivity contribution in [1.82, 2.24) is 0 Å². The Kier molecular flexibility index (Phi) is 3.50. The monoisotopic (exact) mass is 309 g/mol. The first kappa shape index (κ1) is 15.6. The maximum Gasteiger partial charge on any atom is 0.418 e. The number of rotatable bonds is 1. The minimum Gasteiger partial charge on any atom is -0.398 e. The Labute approximate surface area is 102 Å². The molecule has 108 valence electrons. The summed E-state index contributed by atoms with van der Waals surface area (Å²) in [7, 11) is -5.24. The van der Waals surface area contributed by atoms with E-state index < -0.39 is 44.2 Å². The van der Waals surface area contributed by atoms with E-state index in [4.69, 9.17) is 10.3 Å². The molecule has 3 N–H and O–H groups in total. The van der Waals surface area contributed by atoms with Crippen LogP contribution in [0.25, 0.3) is 0 Å². The molecule has 0 aromatic heterocycles. The van der Waals surface area contributed by atoms with E-state index in [1.165, 1.54) is 0 Å². The second-order valence-corrected chi connectivity index (χ2v) is 4.82. The van der Waals surface area contributed by atoms with Crippen molar-refractivity contribution in [3.05, 3.63) is 23.3 Å². The van der Waals surface area contributed by atoms with Gasteiger partial charge < -0.3 is 5.73 Å². The van der Waals surface area contributed by atoms with Gasteiger partial charge in [0, 0.05) is 0 Å². The van der Waals surface area contributed by atoms with Gasteiger partial charge in [-0.05, 0) is 12.1 Å². The zero-order valence-corrected chi connectivity index (χ0v) is 9.49. The highest BCUT2D eigenvalue weighted by atomic mass is 32.2. The third-order valence-electron chi connectivity index (χ3n) is 2.06. The Morgan fingerprint density at radius 2 is 1.26 bits per heavy atom. The van der Waals surface area contributed by atoms with E-state index in [9.17, 15) is 34.8 Å². The number of nitrogen functional groups attached to an aromatic ring is 1. The maximum absolute atomic E-state index is 12.5. The van der Waals surface area contributed by atoms with Crippen LogP contribution in [0, 0.1) is 0 Å². The summed E-state index contributed by atoms with van der Waals surface area (Å²) >= 11 is 0. The molecule has 0 unspecified atom stereocenters. The van der Waals surface area contributed by atoms with Crippen LogP contribution in [0.5, 0.6) is 0 Å². The van der Waals surface area contributed by atoms with Gasteiger partial charge in [0.2, 0.25) is 0 Å². The molecule has 0 heterocycles. The fraction of sp³-hybridized carbons (Fsp3) is 0.250. The van der Waals surface area contributed by atoms with Gasteiger partial charge in [-0.25, -0.2) is 0 Å². The third kappa shape index (κ3) is 3.29. The number of halogens is 6. The van der Waals surface area contributed by atoms with Gasteiger partial charge in [0.1, 0.15) is 0 Å². The second kappa shape index (κ2) is 4.27. The van der Waals surface area contributed by atoms with E-state index in [1.54, 1.807) is 0 Å². The molecule has 0 atom stereocenters. The topological polar surface area (TPSA) is 80.4 Å². The van der Waals surface area contributed by atoms with Crippen LogP contribution in [0.2, 0.25) is 0 Å². The van der Waals surface area contributed by atoms with Crippen LogP contribution in [0.4, 0.5) is 32.0 Å². The zero-order chi connectivity index (χ0) is 15.2. The molecule has 0 saturated carbocycles. The van der Waals surface area contributed by atoms with Crippen molar-refractivity contribution in [2.75, 3.05) is 5.73 Å². The van der Waals surface area contributed by atoms with Crippen molar-refractivity contribution in [3.63, 3.8) is 0 Å². The molecule has 1 aromatic carbocycles. The molecule has 0 saturated heterocycles.